The van der Waals surface area contributed by atoms with Crippen LogP contribution in [-0.4, -0.2) is 79.2 Å². The van der Waals surface area contributed by atoms with E-state index in [2.05, 4.69) is 20.7 Å². The van der Waals surface area contributed by atoms with E-state index >= 15 is 0 Å². The number of nitrogens with zero attached hydrogens (tertiary/aromatic N) is 4. The number of piperazine rings is 1. The number of amides is 3. The Morgan fingerprint density at radius 2 is 1.60 bits per heavy atom. The fourth-order valence-corrected chi connectivity index (χ4v) is 3.56. The standard InChI is InChI=1S/C21H26N6O3/c28-20(17-2-1-7-22-16-17)24-23-18-3-5-19(6-4-18)25-8-10-26(11-9-25)21(29)27-12-14-30-15-13-27/h1-7,16,23H,8-15H2,(H,24,28). The number of anilines is 2. The molecule has 2 aliphatic rings. The molecule has 4 rings (SSSR count). The molecule has 0 saturated carbocycles. The molecular weight excluding hydrogens is 384 g/mol. The number of benzene rings is 1. The number of pyridine rings is 1. The largest absolute Gasteiger partial charge is 0.378 e. The number of hydrogen-bond acceptors (Lipinski definition) is 6. The van der Waals surface area contributed by atoms with Crippen molar-refractivity contribution >= 4 is 23.3 Å². The first-order chi connectivity index (χ1) is 14.7. The molecule has 0 spiro atoms. The third kappa shape index (κ3) is 4.80. The number of rotatable bonds is 4. The van der Waals surface area contributed by atoms with Gasteiger partial charge in [0.25, 0.3) is 5.91 Å². The predicted octanol–water partition coefficient (Wildman–Crippen LogP) is 1.41. The van der Waals surface area contributed by atoms with Gasteiger partial charge in [-0.25, -0.2) is 4.79 Å². The molecule has 0 aliphatic carbocycles. The van der Waals surface area contributed by atoms with Crippen LogP contribution in [0.3, 0.4) is 0 Å². The Bertz CT molecular complexity index is 847. The molecule has 0 bridgehead atoms. The number of carbonyl (C=O) groups is 2. The molecule has 2 N–H and O–H groups in total. The zero-order valence-electron chi connectivity index (χ0n) is 16.8. The van der Waals surface area contributed by atoms with Crippen molar-refractivity contribution in [2.24, 2.45) is 0 Å². The summed E-state index contributed by atoms with van der Waals surface area (Å²) in [5.41, 5.74) is 7.96. The van der Waals surface area contributed by atoms with E-state index in [1.54, 1.807) is 18.3 Å². The number of nitrogens with one attached hydrogen (secondary N) is 2. The van der Waals surface area contributed by atoms with Crippen molar-refractivity contribution in [2.45, 2.75) is 0 Å². The maximum absolute atomic E-state index is 12.6. The molecule has 1 aromatic heterocycles. The predicted molar refractivity (Wildman–Crippen MR) is 113 cm³/mol. The van der Waals surface area contributed by atoms with Crippen LogP contribution in [-0.2, 0) is 4.74 Å². The molecule has 9 heteroatoms. The molecule has 2 saturated heterocycles. The van der Waals surface area contributed by atoms with E-state index in [0.717, 1.165) is 24.5 Å². The molecule has 30 heavy (non-hydrogen) atoms. The van der Waals surface area contributed by atoms with Crippen LogP contribution >= 0.6 is 0 Å². The van der Waals surface area contributed by atoms with E-state index in [1.807, 2.05) is 34.1 Å². The first kappa shape index (κ1) is 20.0. The second-order valence-electron chi connectivity index (χ2n) is 7.22. The molecule has 3 heterocycles. The Balaban J connectivity index is 1.25. The Hall–Kier alpha value is -3.33. The lowest BCUT2D eigenvalue weighted by Crippen LogP contribution is -2.54. The fraction of sp³-hybridized carbons (Fsp3) is 0.381. The third-order valence-electron chi connectivity index (χ3n) is 5.31. The number of hydrogen-bond donors (Lipinski definition) is 2. The molecule has 3 amide bonds. The molecular formula is C21H26N6O3. The van der Waals surface area contributed by atoms with E-state index in [1.165, 1.54) is 6.20 Å². The summed E-state index contributed by atoms with van der Waals surface area (Å²) in [6.45, 7) is 5.58. The maximum Gasteiger partial charge on any atom is 0.320 e. The van der Waals surface area contributed by atoms with Gasteiger partial charge in [-0.1, -0.05) is 0 Å². The van der Waals surface area contributed by atoms with Crippen molar-refractivity contribution < 1.29 is 14.3 Å². The molecule has 2 fully saturated rings. The maximum atomic E-state index is 12.6. The van der Waals surface area contributed by atoms with Crippen LogP contribution in [0.4, 0.5) is 16.2 Å². The number of aromatic nitrogens is 1. The van der Waals surface area contributed by atoms with Crippen molar-refractivity contribution in [3.8, 4) is 0 Å². The second-order valence-corrected chi connectivity index (χ2v) is 7.22. The summed E-state index contributed by atoms with van der Waals surface area (Å²) in [4.78, 5) is 34.7. The van der Waals surface area contributed by atoms with Gasteiger partial charge in [-0.3, -0.25) is 20.6 Å². The smallest absolute Gasteiger partial charge is 0.320 e. The van der Waals surface area contributed by atoms with Crippen molar-refractivity contribution in [3.05, 3.63) is 54.4 Å². The molecule has 2 aromatic rings. The summed E-state index contributed by atoms with van der Waals surface area (Å²) in [6, 6.07) is 11.4. The van der Waals surface area contributed by atoms with E-state index < -0.39 is 0 Å². The highest BCUT2D eigenvalue weighted by molar-refractivity contribution is 5.94. The van der Waals surface area contributed by atoms with Crippen LogP contribution in [0.1, 0.15) is 10.4 Å². The van der Waals surface area contributed by atoms with Crippen LogP contribution in [0, 0.1) is 0 Å². The lowest BCUT2D eigenvalue weighted by Gasteiger charge is -2.39. The number of carbonyl (C=O) groups excluding carboxylic acids is 2. The Labute approximate surface area is 175 Å². The Kier molecular flexibility index (Phi) is 6.29. The van der Waals surface area contributed by atoms with Crippen molar-refractivity contribution in [3.63, 3.8) is 0 Å². The Morgan fingerprint density at radius 3 is 2.27 bits per heavy atom. The highest BCUT2D eigenvalue weighted by atomic mass is 16.5. The summed E-state index contributed by atoms with van der Waals surface area (Å²) in [7, 11) is 0. The normalized spacial score (nSPS) is 16.9. The zero-order valence-corrected chi connectivity index (χ0v) is 16.8. The molecule has 9 nitrogen and oxygen atoms in total. The molecule has 158 valence electrons. The van der Waals surface area contributed by atoms with Gasteiger partial charge in [0.05, 0.1) is 24.5 Å². The first-order valence-corrected chi connectivity index (χ1v) is 10.1. The van der Waals surface area contributed by atoms with Gasteiger partial charge < -0.3 is 19.4 Å². The summed E-state index contributed by atoms with van der Waals surface area (Å²) in [6.07, 6.45) is 3.14. The van der Waals surface area contributed by atoms with Gasteiger partial charge >= 0.3 is 6.03 Å². The summed E-state index contributed by atoms with van der Waals surface area (Å²) < 4.78 is 5.32. The summed E-state index contributed by atoms with van der Waals surface area (Å²) >= 11 is 0. The minimum atomic E-state index is -0.242. The van der Waals surface area contributed by atoms with Gasteiger partial charge in [-0.05, 0) is 36.4 Å². The van der Waals surface area contributed by atoms with Crippen LogP contribution < -0.4 is 15.8 Å². The monoisotopic (exact) mass is 410 g/mol. The SMILES string of the molecule is O=C(NNc1ccc(N2CCN(C(=O)N3CCOCC3)CC2)cc1)c1cccnc1. The van der Waals surface area contributed by atoms with Gasteiger partial charge in [-0.2, -0.15) is 0 Å². The lowest BCUT2D eigenvalue weighted by atomic mass is 10.2. The van der Waals surface area contributed by atoms with E-state index in [9.17, 15) is 9.59 Å². The van der Waals surface area contributed by atoms with E-state index in [4.69, 9.17) is 4.74 Å². The van der Waals surface area contributed by atoms with E-state index in [0.29, 0.717) is 45.0 Å². The van der Waals surface area contributed by atoms with Crippen LogP contribution in [0.5, 0.6) is 0 Å². The van der Waals surface area contributed by atoms with Gasteiger partial charge in [0.2, 0.25) is 0 Å². The number of ether oxygens (including phenoxy) is 1. The van der Waals surface area contributed by atoms with Gasteiger partial charge in [-0.15, -0.1) is 0 Å². The molecule has 0 unspecified atom stereocenters. The lowest BCUT2D eigenvalue weighted by molar-refractivity contribution is 0.0428. The van der Waals surface area contributed by atoms with Crippen molar-refractivity contribution in [2.75, 3.05) is 62.8 Å². The average molecular weight is 410 g/mol. The summed E-state index contributed by atoms with van der Waals surface area (Å²) in [5.74, 6) is -0.242. The van der Waals surface area contributed by atoms with Crippen LogP contribution in [0.2, 0.25) is 0 Å². The fourth-order valence-electron chi connectivity index (χ4n) is 3.56. The van der Waals surface area contributed by atoms with Gasteiger partial charge in [0, 0.05) is 57.3 Å². The highest BCUT2D eigenvalue weighted by Gasteiger charge is 2.26. The van der Waals surface area contributed by atoms with Crippen LogP contribution in [0.15, 0.2) is 48.8 Å². The average Bonchev–Trinajstić information content (AvgIpc) is 2.83. The minimum Gasteiger partial charge on any atom is -0.378 e. The van der Waals surface area contributed by atoms with Gasteiger partial charge in [0.1, 0.15) is 0 Å². The summed E-state index contributed by atoms with van der Waals surface area (Å²) in [5, 5.41) is 0. The third-order valence-corrected chi connectivity index (χ3v) is 5.31. The minimum absolute atomic E-state index is 0.113. The topological polar surface area (TPSA) is 90.0 Å². The van der Waals surface area contributed by atoms with E-state index in [-0.39, 0.29) is 11.9 Å². The molecule has 1 aromatic carbocycles. The number of morpholine rings is 1. The highest BCUT2D eigenvalue weighted by Crippen LogP contribution is 2.20. The molecule has 0 atom stereocenters. The zero-order chi connectivity index (χ0) is 20.8. The molecule has 0 radical (unpaired) electrons. The quantitative estimate of drug-likeness (QED) is 0.741. The van der Waals surface area contributed by atoms with Crippen LogP contribution in [0.25, 0.3) is 0 Å². The Morgan fingerprint density at radius 1 is 0.900 bits per heavy atom. The first-order valence-electron chi connectivity index (χ1n) is 10.1. The number of hydrazine groups is 1. The number of urea groups is 1. The second kappa shape index (κ2) is 9.45. The van der Waals surface area contributed by atoms with Gasteiger partial charge in [0.15, 0.2) is 0 Å². The molecule has 2 aliphatic heterocycles. The van der Waals surface area contributed by atoms with Crippen molar-refractivity contribution in [1.29, 1.82) is 0 Å². The van der Waals surface area contributed by atoms with Crippen molar-refractivity contribution in [1.82, 2.24) is 20.2 Å².